The number of rotatable bonds is 5. The van der Waals surface area contributed by atoms with Crippen molar-refractivity contribution >= 4 is 30.3 Å². The number of hydrogen-bond donors (Lipinski definition) is 1. The summed E-state index contributed by atoms with van der Waals surface area (Å²) in [5.41, 5.74) is 1.64. The Balaban J connectivity index is 3.36. The third-order valence-corrected chi connectivity index (χ3v) is 3.12. The van der Waals surface area contributed by atoms with Crippen LogP contribution in [0.1, 0.15) is 47.1 Å². The smallest absolute Gasteiger partial charge is 0.161 e. The first kappa shape index (κ1) is 16.2. The first-order valence-corrected chi connectivity index (χ1v) is 6.77. The Bertz CT molecular complexity index is 608. The minimum Gasteiger partial charge on any atom is -0.294 e. The van der Waals surface area contributed by atoms with Crippen LogP contribution >= 0.6 is 12.6 Å². The van der Waals surface area contributed by atoms with Gasteiger partial charge in [0.15, 0.2) is 11.6 Å². The van der Waals surface area contributed by atoms with Gasteiger partial charge in [0.1, 0.15) is 0 Å². The van der Waals surface area contributed by atoms with E-state index in [0.29, 0.717) is 21.6 Å². The highest BCUT2D eigenvalue weighted by Gasteiger charge is 2.15. The molecule has 0 amide bonds. The highest BCUT2D eigenvalue weighted by molar-refractivity contribution is 7.80. The van der Waals surface area contributed by atoms with Crippen molar-refractivity contribution in [3.63, 3.8) is 0 Å². The van der Waals surface area contributed by atoms with Gasteiger partial charge in [0.05, 0.1) is 0 Å². The minimum absolute atomic E-state index is 0.0714. The Hall–Kier alpha value is -1.87. The molecule has 0 radical (unpaired) electrons. The molecule has 0 unspecified atom stereocenters. The lowest BCUT2D eigenvalue weighted by Gasteiger charge is -2.10. The van der Waals surface area contributed by atoms with Crippen LogP contribution in [-0.2, 0) is 0 Å². The molecule has 0 aliphatic rings. The number of thiol groups is 1. The third-order valence-electron chi connectivity index (χ3n) is 2.74. The number of hydrogen-bond acceptors (Lipinski definition) is 3. The van der Waals surface area contributed by atoms with Crippen LogP contribution < -0.4 is 0 Å². The zero-order valence-electron chi connectivity index (χ0n) is 11.9. The molecule has 0 saturated carbocycles. The van der Waals surface area contributed by atoms with E-state index in [-0.39, 0.29) is 11.6 Å². The van der Waals surface area contributed by atoms with Crippen molar-refractivity contribution in [2.45, 2.75) is 25.7 Å². The number of ketones is 2. The van der Waals surface area contributed by atoms with Crippen molar-refractivity contribution in [3.8, 4) is 0 Å². The fourth-order valence-electron chi connectivity index (χ4n) is 1.85. The molecule has 0 heterocycles. The van der Waals surface area contributed by atoms with Gasteiger partial charge in [-0.1, -0.05) is 36.5 Å². The molecule has 104 valence electrons. The summed E-state index contributed by atoms with van der Waals surface area (Å²) in [5, 5.41) is 0. The molecule has 0 saturated heterocycles. The molecule has 3 heteroatoms. The van der Waals surface area contributed by atoms with Crippen molar-refractivity contribution in [1.82, 2.24) is 0 Å². The zero-order valence-corrected chi connectivity index (χ0v) is 12.8. The summed E-state index contributed by atoms with van der Waals surface area (Å²) in [6.45, 7) is 4.90. The normalized spacial score (nSPS) is 11.8. The van der Waals surface area contributed by atoms with Crippen molar-refractivity contribution in [1.29, 1.82) is 0 Å². The van der Waals surface area contributed by atoms with Gasteiger partial charge in [-0.05, 0) is 38.5 Å². The molecule has 0 aliphatic carbocycles. The molecule has 0 aromatic heterocycles. The number of Topliss-reactive ketones (excluding diaryl/α,β-unsaturated/α-hetero) is 2. The summed E-state index contributed by atoms with van der Waals surface area (Å²) in [7, 11) is 0. The lowest BCUT2D eigenvalue weighted by molar-refractivity contribution is 0.101. The maximum atomic E-state index is 11.8. The van der Waals surface area contributed by atoms with E-state index in [2.05, 4.69) is 12.6 Å². The van der Waals surface area contributed by atoms with Crippen LogP contribution in [0.3, 0.4) is 0 Å². The van der Waals surface area contributed by atoms with Crippen LogP contribution in [0.25, 0.3) is 6.08 Å². The summed E-state index contributed by atoms with van der Waals surface area (Å²) in [5.74, 6) is -0.173. The van der Waals surface area contributed by atoms with E-state index in [4.69, 9.17) is 0 Å². The monoisotopic (exact) mass is 286 g/mol. The SMILES string of the molecule is CC=CC=CC=Cc1c(C(C)=O)ccc(S)c1C(C)=O. The molecule has 0 spiro atoms. The Morgan fingerprint density at radius 1 is 1.00 bits per heavy atom. The quantitative estimate of drug-likeness (QED) is 0.490. The maximum absolute atomic E-state index is 11.8. The van der Waals surface area contributed by atoms with Crippen molar-refractivity contribution in [2.75, 3.05) is 0 Å². The van der Waals surface area contributed by atoms with Gasteiger partial charge in [-0.3, -0.25) is 9.59 Å². The standard InChI is InChI=1S/C17H18O2S/c1-4-5-6-7-8-9-15-14(12(2)18)10-11-16(20)17(15)13(3)19/h4-11,20H,1-3H3. The van der Waals surface area contributed by atoms with Crippen LogP contribution in [0.4, 0.5) is 0 Å². The first-order valence-electron chi connectivity index (χ1n) is 6.33. The minimum atomic E-state index is -0.102. The van der Waals surface area contributed by atoms with E-state index in [1.807, 2.05) is 31.2 Å². The molecule has 0 N–H and O–H groups in total. The average molecular weight is 286 g/mol. The van der Waals surface area contributed by atoms with E-state index in [9.17, 15) is 9.59 Å². The molecule has 1 rings (SSSR count). The number of carbonyl (C=O) groups is 2. The molecule has 20 heavy (non-hydrogen) atoms. The van der Waals surface area contributed by atoms with Gasteiger partial charge < -0.3 is 0 Å². The van der Waals surface area contributed by atoms with Gasteiger partial charge in [0.25, 0.3) is 0 Å². The van der Waals surface area contributed by atoms with E-state index >= 15 is 0 Å². The molecular weight excluding hydrogens is 268 g/mol. The topological polar surface area (TPSA) is 34.1 Å². The Morgan fingerprint density at radius 2 is 1.65 bits per heavy atom. The van der Waals surface area contributed by atoms with E-state index < -0.39 is 0 Å². The van der Waals surface area contributed by atoms with Crippen molar-refractivity contribution < 1.29 is 9.59 Å². The predicted octanol–water partition coefficient (Wildman–Crippen LogP) is 4.53. The van der Waals surface area contributed by atoms with Crippen LogP contribution in [0, 0.1) is 0 Å². The molecule has 0 fully saturated rings. The van der Waals surface area contributed by atoms with Gasteiger partial charge in [-0.2, -0.15) is 0 Å². The van der Waals surface area contributed by atoms with Gasteiger partial charge >= 0.3 is 0 Å². The molecule has 0 atom stereocenters. The van der Waals surface area contributed by atoms with Gasteiger partial charge in [-0.15, -0.1) is 12.6 Å². The highest BCUT2D eigenvalue weighted by Crippen LogP contribution is 2.25. The van der Waals surface area contributed by atoms with Crippen molar-refractivity contribution in [3.05, 3.63) is 59.2 Å². The molecular formula is C17H18O2S. The second kappa shape index (κ2) is 7.65. The number of allylic oxidation sites excluding steroid dienone is 5. The Labute approximate surface area is 125 Å². The second-order valence-corrected chi connectivity index (χ2v) is 4.78. The lowest BCUT2D eigenvalue weighted by atomic mass is 9.96. The fourth-order valence-corrected chi connectivity index (χ4v) is 2.20. The molecule has 1 aromatic carbocycles. The third kappa shape index (κ3) is 4.07. The number of carbonyl (C=O) groups excluding carboxylic acids is 2. The van der Waals surface area contributed by atoms with Crippen molar-refractivity contribution in [2.24, 2.45) is 0 Å². The van der Waals surface area contributed by atoms with Crippen LogP contribution in [0.5, 0.6) is 0 Å². The first-order chi connectivity index (χ1) is 9.49. The van der Waals surface area contributed by atoms with Gasteiger partial charge in [0, 0.05) is 16.0 Å². The van der Waals surface area contributed by atoms with Crippen LogP contribution in [-0.4, -0.2) is 11.6 Å². The van der Waals surface area contributed by atoms with Gasteiger partial charge in [-0.25, -0.2) is 0 Å². The molecule has 0 bridgehead atoms. The molecule has 1 aromatic rings. The summed E-state index contributed by atoms with van der Waals surface area (Å²) >= 11 is 4.31. The Morgan fingerprint density at radius 3 is 2.20 bits per heavy atom. The average Bonchev–Trinajstić information content (AvgIpc) is 2.37. The van der Waals surface area contributed by atoms with E-state index in [0.717, 1.165) is 0 Å². The highest BCUT2D eigenvalue weighted by atomic mass is 32.1. The summed E-state index contributed by atoms with van der Waals surface area (Å²) < 4.78 is 0. The molecule has 0 aliphatic heterocycles. The molecule has 2 nitrogen and oxygen atoms in total. The Kier molecular flexibility index (Phi) is 6.19. The predicted molar refractivity (Wildman–Crippen MR) is 86.7 cm³/mol. The summed E-state index contributed by atoms with van der Waals surface area (Å²) in [4.78, 5) is 24.0. The lowest BCUT2D eigenvalue weighted by Crippen LogP contribution is -2.05. The maximum Gasteiger partial charge on any atom is 0.161 e. The largest absolute Gasteiger partial charge is 0.294 e. The summed E-state index contributed by atoms with van der Waals surface area (Å²) in [6, 6.07) is 3.38. The van der Waals surface area contributed by atoms with Gasteiger partial charge in [0.2, 0.25) is 0 Å². The van der Waals surface area contributed by atoms with E-state index in [1.54, 1.807) is 24.3 Å². The number of benzene rings is 1. The summed E-state index contributed by atoms with van der Waals surface area (Å²) in [6.07, 6.45) is 11.1. The fraction of sp³-hybridized carbons (Fsp3) is 0.176. The van der Waals surface area contributed by atoms with E-state index in [1.165, 1.54) is 13.8 Å². The second-order valence-electron chi connectivity index (χ2n) is 4.30. The van der Waals surface area contributed by atoms with Crippen LogP contribution in [0.2, 0.25) is 0 Å². The van der Waals surface area contributed by atoms with Crippen LogP contribution in [0.15, 0.2) is 47.4 Å². The zero-order chi connectivity index (χ0) is 15.1.